The molecule has 1 saturated heterocycles. The SMILES string of the molecule is O=S(=O)(Nc1ncns1)c1cc(Cl)c(CN2CCCCC2c2ccncc2)cc1F. The maximum Gasteiger partial charge on any atom is 0.266 e. The van der Waals surface area contributed by atoms with Crippen LogP contribution in [0.3, 0.4) is 0 Å². The number of nitrogens with one attached hydrogen (secondary N) is 1. The van der Waals surface area contributed by atoms with Crippen LogP contribution in [0, 0.1) is 5.82 Å². The van der Waals surface area contributed by atoms with Crippen molar-refractivity contribution in [3.05, 3.63) is 65.0 Å². The fraction of sp³-hybridized carbons (Fsp3) is 0.316. The fourth-order valence-electron chi connectivity index (χ4n) is 3.65. The predicted molar refractivity (Wildman–Crippen MR) is 113 cm³/mol. The number of piperidine rings is 1. The monoisotopic (exact) mass is 467 g/mol. The summed E-state index contributed by atoms with van der Waals surface area (Å²) in [7, 11) is -4.16. The van der Waals surface area contributed by atoms with Gasteiger partial charge in [0.1, 0.15) is 17.0 Å². The van der Waals surface area contributed by atoms with Crippen LogP contribution < -0.4 is 4.72 Å². The lowest BCUT2D eigenvalue weighted by Gasteiger charge is -2.36. The number of likely N-dealkylation sites (tertiary alicyclic amines) is 1. The Hall–Kier alpha value is -2.14. The molecule has 1 N–H and O–H groups in total. The first kappa shape index (κ1) is 21.1. The van der Waals surface area contributed by atoms with Gasteiger partial charge in [-0.2, -0.15) is 4.37 Å². The van der Waals surface area contributed by atoms with Gasteiger partial charge in [0.2, 0.25) is 5.13 Å². The summed E-state index contributed by atoms with van der Waals surface area (Å²) < 4.78 is 45.8. The van der Waals surface area contributed by atoms with E-state index in [0.29, 0.717) is 12.1 Å². The maximum absolute atomic E-state index is 14.8. The normalized spacial score (nSPS) is 17.7. The van der Waals surface area contributed by atoms with Crippen molar-refractivity contribution in [2.75, 3.05) is 11.3 Å². The van der Waals surface area contributed by atoms with Crippen LogP contribution in [0.15, 0.2) is 47.9 Å². The first-order valence-corrected chi connectivity index (χ1v) is 12.0. The summed E-state index contributed by atoms with van der Waals surface area (Å²) in [4.78, 5) is 9.56. The van der Waals surface area contributed by atoms with Crippen molar-refractivity contribution in [3.8, 4) is 0 Å². The Kier molecular flexibility index (Phi) is 6.28. The summed E-state index contributed by atoms with van der Waals surface area (Å²) >= 11 is 7.24. The third-order valence-electron chi connectivity index (χ3n) is 5.05. The first-order chi connectivity index (χ1) is 14.4. The Morgan fingerprint density at radius 3 is 2.80 bits per heavy atom. The summed E-state index contributed by atoms with van der Waals surface area (Å²) in [5.74, 6) is -0.858. The smallest absolute Gasteiger partial charge is 0.266 e. The van der Waals surface area contributed by atoms with Crippen molar-refractivity contribution >= 4 is 38.3 Å². The van der Waals surface area contributed by atoms with Crippen molar-refractivity contribution in [1.82, 2.24) is 19.2 Å². The number of hydrogen-bond donors (Lipinski definition) is 1. The molecule has 4 rings (SSSR count). The van der Waals surface area contributed by atoms with Crippen molar-refractivity contribution in [2.45, 2.75) is 36.7 Å². The van der Waals surface area contributed by atoms with Gasteiger partial charge in [-0.15, -0.1) is 0 Å². The number of pyridine rings is 1. The lowest BCUT2D eigenvalue weighted by molar-refractivity contribution is 0.140. The zero-order valence-corrected chi connectivity index (χ0v) is 18.2. The highest BCUT2D eigenvalue weighted by molar-refractivity contribution is 7.93. The van der Waals surface area contributed by atoms with Gasteiger partial charge >= 0.3 is 0 Å². The predicted octanol–water partition coefficient (Wildman–Crippen LogP) is 4.25. The highest BCUT2D eigenvalue weighted by Gasteiger charge is 2.27. The lowest BCUT2D eigenvalue weighted by Crippen LogP contribution is -2.33. The van der Waals surface area contributed by atoms with Crippen LogP contribution in [0.4, 0.5) is 9.52 Å². The molecule has 0 radical (unpaired) electrons. The van der Waals surface area contributed by atoms with Crippen molar-refractivity contribution in [3.63, 3.8) is 0 Å². The van der Waals surface area contributed by atoms with Gasteiger partial charge in [-0.1, -0.05) is 18.0 Å². The second-order valence-corrected chi connectivity index (χ2v) is 9.83. The summed E-state index contributed by atoms with van der Waals surface area (Å²) in [6.07, 6.45) is 7.88. The van der Waals surface area contributed by atoms with Gasteiger partial charge in [-0.25, -0.2) is 17.8 Å². The molecule has 11 heteroatoms. The molecule has 0 spiro atoms. The second-order valence-electron chi connectivity index (χ2n) is 6.99. The Balaban J connectivity index is 1.58. The number of halogens is 2. The van der Waals surface area contributed by atoms with Crippen molar-refractivity contribution < 1.29 is 12.8 Å². The molecule has 1 fully saturated rings. The fourth-order valence-corrected chi connectivity index (χ4v) is 5.68. The van der Waals surface area contributed by atoms with Gasteiger partial charge < -0.3 is 0 Å². The topological polar surface area (TPSA) is 88.1 Å². The van der Waals surface area contributed by atoms with E-state index in [4.69, 9.17) is 11.6 Å². The molecular formula is C19H19ClFN5O2S2. The summed E-state index contributed by atoms with van der Waals surface area (Å²) in [6.45, 7) is 1.27. The Morgan fingerprint density at radius 2 is 2.07 bits per heavy atom. The third-order valence-corrected chi connectivity index (χ3v) is 7.47. The minimum atomic E-state index is -4.16. The maximum atomic E-state index is 14.8. The molecule has 0 amide bonds. The molecule has 1 aromatic carbocycles. The first-order valence-electron chi connectivity index (χ1n) is 9.35. The van der Waals surface area contributed by atoms with Crippen LogP contribution in [0.25, 0.3) is 0 Å². The largest absolute Gasteiger partial charge is 0.292 e. The second kappa shape index (κ2) is 8.93. The summed E-state index contributed by atoms with van der Waals surface area (Å²) in [5, 5.41) is 0.260. The highest BCUT2D eigenvalue weighted by Crippen LogP contribution is 2.34. The molecule has 1 unspecified atom stereocenters. The number of rotatable bonds is 6. The number of hydrogen-bond acceptors (Lipinski definition) is 7. The van der Waals surface area contributed by atoms with Gasteiger partial charge in [0.25, 0.3) is 10.0 Å². The zero-order chi connectivity index (χ0) is 21.1. The quantitative estimate of drug-likeness (QED) is 0.583. The van der Waals surface area contributed by atoms with E-state index in [1.807, 2.05) is 12.1 Å². The van der Waals surface area contributed by atoms with Gasteiger partial charge in [-0.05, 0) is 54.8 Å². The molecule has 0 saturated carbocycles. The molecule has 0 aliphatic carbocycles. The summed E-state index contributed by atoms with van der Waals surface area (Å²) in [6, 6.07) is 6.51. The number of aromatic nitrogens is 3. The van der Waals surface area contributed by atoms with Crippen LogP contribution in [0.1, 0.15) is 36.4 Å². The standard InChI is InChI=1S/C19H19ClFN5O2S2/c20-15-10-18(30(27,28)25-19-23-12-24-29-19)16(21)9-14(15)11-26-8-2-1-3-17(26)13-4-6-22-7-5-13/h4-7,9-10,12,17H,1-3,8,11H2,(H,23,24,25). The molecular weight excluding hydrogens is 449 g/mol. The molecule has 158 valence electrons. The van der Waals surface area contributed by atoms with E-state index in [9.17, 15) is 12.8 Å². The average Bonchev–Trinajstić information content (AvgIpc) is 3.23. The molecule has 3 heterocycles. The van der Waals surface area contributed by atoms with Gasteiger partial charge in [0.15, 0.2) is 0 Å². The number of anilines is 1. The number of benzene rings is 1. The van der Waals surface area contributed by atoms with E-state index < -0.39 is 20.7 Å². The van der Waals surface area contributed by atoms with Crippen molar-refractivity contribution in [2.24, 2.45) is 0 Å². The van der Waals surface area contributed by atoms with Crippen molar-refractivity contribution in [1.29, 1.82) is 0 Å². The van der Waals surface area contributed by atoms with Crippen LogP contribution in [-0.4, -0.2) is 34.2 Å². The number of nitrogens with zero attached hydrogens (tertiary/aromatic N) is 4. The Morgan fingerprint density at radius 1 is 1.27 bits per heavy atom. The molecule has 1 atom stereocenters. The van der Waals surface area contributed by atoms with E-state index in [0.717, 1.165) is 49.0 Å². The molecule has 2 aromatic heterocycles. The molecule has 0 bridgehead atoms. The Labute approximate surface area is 183 Å². The van der Waals surface area contributed by atoms with Crippen LogP contribution in [-0.2, 0) is 16.6 Å². The third kappa shape index (κ3) is 4.61. The molecule has 7 nitrogen and oxygen atoms in total. The van der Waals surface area contributed by atoms with Gasteiger partial charge in [0, 0.05) is 41.5 Å². The Bertz CT molecular complexity index is 1110. The molecule has 1 aliphatic heterocycles. The van der Waals surface area contributed by atoms with E-state index in [2.05, 4.69) is 24.0 Å². The highest BCUT2D eigenvalue weighted by atomic mass is 35.5. The molecule has 1 aliphatic rings. The van der Waals surface area contributed by atoms with Crippen LogP contribution >= 0.6 is 23.1 Å². The molecule has 3 aromatic rings. The van der Waals surface area contributed by atoms with E-state index in [1.165, 1.54) is 12.4 Å². The lowest BCUT2D eigenvalue weighted by atomic mass is 9.95. The average molecular weight is 468 g/mol. The van der Waals surface area contributed by atoms with Crippen LogP contribution in [0.5, 0.6) is 0 Å². The van der Waals surface area contributed by atoms with E-state index in [-0.39, 0.29) is 16.2 Å². The summed E-state index contributed by atoms with van der Waals surface area (Å²) in [5.41, 5.74) is 1.70. The van der Waals surface area contributed by atoms with E-state index >= 15 is 0 Å². The van der Waals surface area contributed by atoms with E-state index in [1.54, 1.807) is 12.4 Å². The minimum absolute atomic E-state index is 0.0584. The molecule has 30 heavy (non-hydrogen) atoms. The number of sulfonamides is 1. The zero-order valence-electron chi connectivity index (χ0n) is 15.8. The van der Waals surface area contributed by atoms with Crippen LogP contribution in [0.2, 0.25) is 5.02 Å². The van der Waals surface area contributed by atoms with Gasteiger partial charge in [-0.3, -0.25) is 14.6 Å². The van der Waals surface area contributed by atoms with Gasteiger partial charge in [0.05, 0.1) is 0 Å². The minimum Gasteiger partial charge on any atom is -0.292 e.